The second-order valence-electron chi connectivity index (χ2n) is 9.54. The maximum absolute atomic E-state index is 12.7. The molecule has 0 aliphatic heterocycles. The average molecular weight is 551 g/mol. The Morgan fingerprint density at radius 2 is 1.81 bits per heavy atom. The van der Waals surface area contributed by atoms with Gasteiger partial charge in [-0.15, -0.1) is 0 Å². The van der Waals surface area contributed by atoms with Crippen LogP contribution in [0.3, 0.4) is 0 Å². The summed E-state index contributed by atoms with van der Waals surface area (Å²) in [4.78, 5) is 25.2. The van der Waals surface area contributed by atoms with E-state index in [-0.39, 0.29) is 25.8 Å². The third-order valence-electron chi connectivity index (χ3n) is 8.62. The fourth-order valence-corrected chi connectivity index (χ4v) is 9.57. The summed E-state index contributed by atoms with van der Waals surface area (Å²) in [6.07, 6.45) is 6.69. The van der Waals surface area contributed by atoms with Crippen molar-refractivity contribution in [1.29, 1.82) is 0 Å². The Morgan fingerprint density at radius 1 is 1.15 bits per heavy atom. The number of alkyl halides is 3. The second kappa shape index (κ2) is 6.26. The molecule has 0 radical (unpaired) electrons. The zero-order valence-corrected chi connectivity index (χ0v) is 20.4. The monoisotopic (exact) mass is 548 g/mol. The molecule has 0 bridgehead atoms. The summed E-state index contributed by atoms with van der Waals surface area (Å²) in [5.74, 6) is 2.61. The molecule has 0 amide bonds. The van der Waals surface area contributed by atoms with Gasteiger partial charge >= 0.3 is 0 Å². The Kier molecular flexibility index (Phi) is 4.77. The fraction of sp³-hybridized carbons (Fsp3) is 0.810. The van der Waals surface area contributed by atoms with Gasteiger partial charge in [0.05, 0.1) is 9.15 Å². The lowest BCUT2D eigenvalue weighted by atomic mass is 9.43. The molecule has 0 spiro atoms. The van der Waals surface area contributed by atoms with E-state index in [1.165, 1.54) is 5.57 Å². The molecular weight excluding hydrogens is 524 g/mol. The van der Waals surface area contributed by atoms with Crippen molar-refractivity contribution in [1.82, 2.24) is 0 Å². The van der Waals surface area contributed by atoms with E-state index in [0.29, 0.717) is 29.5 Å². The largest absolute Gasteiger partial charge is 0.299 e. The van der Waals surface area contributed by atoms with Crippen LogP contribution in [0.4, 0.5) is 0 Å². The van der Waals surface area contributed by atoms with E-state index < -0.39 is 0 Å². The van der Waals surface area contributed by atoms with Crippen LogP contribution in [0.2, 0.25) is 0 Å². The number of halogens is 3. The Morgan fingerprint density at radius 3 is 2.46 bits per heavy atom. The van der Waals surface area contributed by atoms with E-state index in [9.17, 15) is 9.59 Å². The summed E-state index contributed by atoms with van der Waals surface area (Å²) in [6.45, 7) is 6.94. The molecule has 0 aromatic carbocycles. The minimum atomic E-state index is -0.213. The third-order valence-corrected chi connectivity index (χ3v) is 12.5. The minimum absolute atomic E-state index is 0.00346. The molecule has 3 unspecified atom stereocenters. The highest BCUT2D eigenvalue weighted by Gasteiger charge is 2.66. The number of carbonyl (C=O) groups is 2. The van der Waals surface area contributed by atoms with Gasteiger partial charge in [-0.2, -0.15) is 0 Å². The Balaban J connectivity index is 1.87. The number of rotatable bonds is 1. The van der Waals surface area contributed by atoms with Gasteiger partial charge in [0, 0.05) is 17.2 Å². The number of allylic oxidation sites excluding steroid dienone is 1. The summed E-state index contributed by atoms with van der Waals surface area (Å²) in [7, 11) is 0. The first-order valence-electron chi connectivity index (χ1n) is 9.78. The van der Waals surface area contributed by atoms with Crippen LogP contribution in [-0.4, -0.2) is 26.0 Å². The predicted molar refractivity (Wildman–Crippen MR) is 115 cm³/mol. The number of hydrogen-bond donors (Lipinski definition) is 0. The standard InChI is InChI=1S/C21H27Br3O2/c1-11-18-12-4-5-17(26)19(12,2)7-6-13(18)20(3)9-14(23)15(25)8-16(20)21(11,24)10-22/h8,11-14,18H,4-7,9-10H2,1-3H3/t11?,12-,13+,14?,18-,19-,20+,21?/m0/s1. The van der Waals surface area contributed by atoms with E-state index in [1.54, 1.807) is 0 Å². The molecule has 0 aromatic rings. The lowest BCUT2D eigenvalue weighted by molar-refractivity contribution is -0.135. The van der Waals surface area contributed by atoms with Crippen LogP contribution >= 0.6 is 47.8 Å². The number of Topliss-reactive ketones (excluding diaryl/α,β-unsaturated/α-hetero) is 1. The van der Waals surface area contributed by atoms with Gasteiger partial charge in [-0.05, 0) is 66.4 Å². The van der Waals surface area contributed by atoms with E-state index in [1.807, 2.05) is 6.08 Å². The highest BCUT2D eigenvalue weighted by atomic mass is 79.9. The molecule has 0 saturated heterocycles. The molecule has 0 N–H and O–H groups in total. The molecule has 4 aliphatic carbocycles. The summed E-state index contributed by atoms with van der Waals surface area (Å²) < 4.78 is -0.213. The SMILES string of the molecule is CC1[C@@H]2[C@@H](CC[C@]3(C)C(=O)CC[C@@H]23)[C@@]2(C)CC(Br)C(=O)C=C2C1(Br)CBr. The van der Waals surface area contributed by atoms with Crippen molar-refractivity contribution >= 4 is 59.4 Å². The van der Waals surface area contributed by atoms with Gasteiger partial charge in [-0.3, -0.25) is 9.59 Å². The lowest BCUT2D eigenvalue weighted by Crippen LogP contribution is -2.62. The van der Waals surface area contributed by atoms with Crippen molar-refractivity contribution in [2.45, 2.75) is 62.0 Å². The zero-order valence-electron chi connectivity index (χ0n) is 15.7. The maximum Gasteiger partial charge on any atom is 0.169 e. The minimum Gasteiger partial charge on any atom is -0.299 e. The van der Waals surface area contributed by atoms with Crippen molar-refractivity contribution < 1.29 is 9.59 Å². The van der Waals surface area contributed by atoms with Crippen LogP contribution in [0.25, 0.3) is 0 Å². The van der Waals surface area contributed by atoms with E-state index >= 15 is 0 Å². The molecule has 2 nitrogen and oxygen atoms in total. The third kappa shape index (κ3) is 2.38. The first-order valence-corrected chi connectivity index (χ1v) is 12.6. The number of carbonyl (C=O) groups excluding carboxylic acids is 2. The van der Waals surface area contributed by atoms with Gasteiger partial charge in [0.1, 0.15) is 5.78 Å². The topological polar surface area (TPSA) is 34.1 Å². The molecule has 4 rings (SSSR count). The number of hydrogen-bond acceptors (Lipinski definition) is 2. The van der Waals surface area contributed by atoms with Gasteiger partial charge in [0.15, 0.2) is 5.78 Å². The Hall–Kier alpha value is 0.520. The van der Waals surface area contributed by atoms with Crippen LogP contribution in [-0.2, 0) is 9.59 Å². The van der Waals surface area contributed by atoms with Crippen molar-refractivity contribution in [3.05, 3.63) is 11.6 Å². The molecule has 26 heavy (non-hydrogen) atoms. The highest BCUT2D eigenvalue weighted by Crippen LogP contribution is 2.69. The summed E-state index contributed by atoms with van der Waals surface area (Å²) in [5.41, 5.74) is 1.15. The van der Waals surface area contributed by atoms with Crippen LogP contribution in [0.1, 0.15) is 52.9 Å². The molecule has 144 valence electrons. The van der Waals surface area contributed by atoms with Crippen molar-refractivity contribution in [2.75, 3.05) is 5.33 Å². The van der Waals surface area contributed by atoms with Crippen LogP contribution in [0, 0.1) is 34.5 Å². The predicted octanol–water partition coefficient (Wildman–Crippen LogP) is 5.85. The molecule has 3 saturated carbocycles. The van der Waals surface area contributed by atoms with Crippen LogP contribution in [0.15, 0.2) is 11.6 Å². The first-order chi connectivity index (χ1) is 12.1. The van der Waals surface area contributed by atoms with Crippen molar-refractivity contribution in [3.8, 4) is 0 Å². The Bertz CT molecular complexity index is 703. The van der Waals surface area contributed by atoms with Crippen LogP contribution in [0.5, 0.6) is 0 Å². The summed E-state index contributed by atoms with van der Waals surface area (Å²) in [6, 6.07) is 0. The normalized spacial score (nSPS) is 53.6. The smallest absolute Gasteiger partial charge is 0.169 e. The van der Waals surface area contributed by atoms with E-state index in [4.69, 9.17) is 0 Å². The Labute approximate surface area is 181 Å². The highest BCUT2D eigenvalue weighted by molar-refractivity contribution is 9.12. The van der Waals surface area contributed by atoms with Gasteiger partial charge < -0.3 is 0 Å². The average Bonchev–Trinajstić information content (AvgIpc) is 2.90. The maximum atomic E-state index is 12.7. The molecule has 4 aliphatic rings. The molecule has 0 heterocycles. The van der Waals surface area contributed by atoms with Gasteiger partial charge in [0.2, 0.25) is 0 Å². The molecule has 5 heteroatoms. The number of ketones is 2. The van der Waals surface area contributed by atoms with Gasteiger partial charge in [-0.1, -0.05) is 68.6 Å². The second-order valence-corrected chi connectivity index (χ2v) is 12.6. The molecule has 8 atom stereocenters. The van der Waals surface area contributed by atoms with Gasteiger partial charge in [0.25, 0.3) is 0 Å². The quantitative estimate of drug-likeness (QED) is 0.384. The number of fused-ring (bicyclic) bond motifs is 5. The van der Waals surface area contributed by atoms with Crippen molar-refractivity contribution in [3.63, 3.8) is 0 Å². The van der Waals surface area contributed by atoms with Crippen LogP contribution < -0.4 is 0 Å². The molecule has 0 aromatic heterocycles. The molecule has 3 fully saturated rings. The fourth-order valence-electron chi connectivity index (χ4n) is 7.08. The van der Waals surface area contributed by atoms with E-state index in [0.717, 1.165) is 37.4 Å². The van der Waals surface area contributed by atoms with Crippen molar-refractivity contribution in [2.24, 2.45) is 34.5 Å². The summed E-state index contributed by atoms with van der Waals surface area (Å²) in [5, 5.41) is 0.795. The molecular formula is C21H27Br3O2. The van der Waals surface area contributed by atoms with E-state index in [2.05, 4.69) is 68.6 Å². The first kappa shape index (κ1) is 19.8. The summed E-state index contributed by atoms with van der Waals surface area (Å²) >= 11 is 11.5. The lowest BCUT2D eigenvalue weighted by Gasteiger charge is -2.64. The zero-order chi connectivity index (χ0) is 19.1. The van der Waals surface area contributed by atoms with Gasteiger partial charge in [-0.25, -0.2) is 0 Å².